The van der Waals surface area contributed by atoms with Crippen LogP contribution < -0.4 is 9.62 Å². The Kier molecular flexibility index (Phi) is 8.00. The van der Waals surface area contributed by atoms with Gasteiger partial charge in [-0.25, -0.2) is 8.42 Å². The summed E-state index contributed by atoms with van der Waals surface area (Å²) in [5.41, 5.74) is 2.03. The predicted octanol–water partition coefficient (Wildman–Crippen LogP) is 2.31. The topological polar surface area (TPSA) is 86.8 Å². The molecule has 0 fully saturated rings. The lowest BCUT2D eigenvalue weighted by Gasteiger charge is -2.31. The van der Waals surface area contributed by atoms with Crippen molar-refractivity contribution in [3.63, 3.8) is 0 Å². The van der Waals surface area contributed by atoms with Crippen molar-refractivity contribution in [2.45, 2.75) is 33.4 Å². The molecule has 8 heteroatoms. The highest BCUT2D eigenvalue weighted by Gasteiger charge is 2.30. The zero-order valence-corrected chi connectivity index (χ0v) is 18.6. The van der Waals surface area contributed by atoms with Gasteiger partial charge in [0, 0.05) is 13.1 Å². The number of aryl methyl sites for hydroxylation is 1. The van der Waals surface area contributed by atoms with Gasteiger partial charge in [-0.3, -0.25) is 13.9 Å². The summed E-state index contributed by atoms with van der Waals surface area (Å²) in [6, 6.07) is 15.5. The Morgan fingerprint density at radius 3 is 2.20 bits per heavy atom. The number of hydrogen-bond donors (Lipinski definition) is 1. The molecule has 1 unspecified atom stereocenters. The van der Waals surface area contributed by atoms with Gasteiger partial charge >= 0.3 is 0 Å². The molecule has 7 nitrogen and oxygen atoms in total. The standard InChI is InChI=1S/C22H29N3O4S/c1-5-23-22(27)18(3)24(15-19-12-7-6-8-13-19)21(26)16-25(30(4,28)29)20-14-10-9-11-17(20)2/h6-14,18H,5,15-16H2,1-4H3,(H,23,27). The van der Waals surface area contributed by atoms with Crippen LogP contribution in [0.3, 0.4) is 0 Å². The predicted molar refractivity (Wildman–Crippen MR) is 119 cm³/mol. The van der Waals surface area contributed by atoms with Crippen LogP contribution in [0.15, 0.2) is 54.6 Å². The molecule has 0 radical (unpaired) electrons. The van der Waals surface area contributed by atoms with E-state index < -0.39 is 22.0 Å². The van der Waals surface area contributed by atoms with E-state index in [-0.39, 0.29) is 19.0 Å². The summed E-state index contributed by atoms with van der Waals surface area (Å²) < 4.78 is 26.1. The highest BCUT2D eigenvalue weighted by Crippen LogP contribution is 2.22. The molecular weight excluding hydrogens is 402 g/mol. The quantitative estimate of drug-likeness (QED) is 0.660. The molecule has 0 spiro atoms. The number of benzene rings is 2. The zero-order chi connectivity index (χ0) is 22.3. The average Bonchev–Trinajstić information content (AvgIpc) is 2.70. The van der Waals surface area contributed by atoms with Crippen molar-refractivity contribution in [1.29, 1.82) is 0 Å². The van der Waals surface area contributed by atoms with Gasteiger partial charge in [0.05, 0.1) is 11.9 Å². The number of likely N-dealkylation sites (N-methyl/N-ethyl adjacent to an activating group) is 1. The molecule has 2 aromatic rings. The Morgan fingerprint density at radius 2 is 1.63 bits per heavy atom. The number of nitrogens with one attached hydrogen (secondary N) is 1. The molecule has 0 aliphatic rings. The number of nitrogens with zero attached hydrogens (tertiary/aromatic N) is 2. The van der Waals surface area contributed by atoms with Crippen LogP contribution in [0.1, 0.15) is 25.0 Å². The maximum absolute atomic E-state index is 13.3. The first-order valence-electron chi connectivity index (χ1n) is 9.79. The molecule has 1 N–H and O–H groups in total. The normalized spacial score (nSPS) is 12.1. The van der Waals surface area contributed by atoms with Crippen molar-refractivity contribution in [3.05, 3.63) is 65.7 Å². The molecule has 0 aromatic heterocycles. The van der Waals surface area contributed by atoms with Gasteiger partial charge in [-0.15, -0.1) is 0 Å². The molecule has 0 saturated heterocycles. The van der Waals surface area contributed by atoms with Crippen molar-refractivity contribution in [1.82, 2.24) is 10.2 Å². The Bertz CT molecular complexity index is 977. The third kappa shape index (κ3) is 6.06. The molecule has 0 saturated carbocycles. The highest BCUT2D eigenvalue weighted by atomic mass is 32.2. The Hall–Kier alpha value is -2.87. The zero-order valence-electron chi connectivity index (χ0n) is 17.8. The van der Waals surface area contributed by atoms with E-state index in [0.717, 1.165) is 21.7 Å². The van der Waals surface area contributed by atoms with Crippen LogP contribution in [0.4, 0.5) is 5.69 Å². The fourth-order valence-electron chi connectivity index (χ4n) is 3.12. The molecule has 2 aromatic carbocycles. The monoisotopic (exact) mass is 431 g/mol. The van der Waals surface area contributed by atoms with Gasteiger partial charge in [0.1, 0.15) is 12.6 Å². The number of rotatable bonds is 9. The van der Waals surface area contributed by atoms with Gasteiger partial charge in [-0.1, -0.05) is 48.5 Å². The SMILES string of the molecule is CCNC(=O)C(C)N(Cc1ccccc1)C(=O)CN(c1ccccc1C)S(C)(=O)=O. The van der Waals surface area contributed by atoms with E-state index in [4.69, 9.17) is 0 Å². The number of carbonyl (C=O) groups excluding carboxylic acids is 2. The summed E-state index contributed by atoms with van der Waals surface area (Å²) >= 11 is 0. The largest absolute Gasteiger partial charge is 0.355 e. The maximum atomic E-state index is 13.3. The Morgan fingerprint density at radius 1 is 1.03 bits per heavy atom. The van der Waals surface area contributed by atoms with E-state index in [1.807, 2.05) is 30.3 Å². The number of amides is 2. The molecule has 0 bridgehead atoms. The lowest BCUT2D eigenvalue weighted by Crippen LogP contribution is -2.51. The van der Waals surface area contributed by atoms with Crippen LogP contribution >= 0.6 is 0 Å². The van der Waals surface area contributed by atoms with E-state index >= 15 is 0 Å². The van der Waals surface area contributed by atoms with Gasteiger partial charge in [-0.2, -0.15) is 0 Å². The Labute approximate surface area is 178 Å². The molecule has 1 atom stereocenters. The van der Waals surface area contributed by atoms with Crippen molar-refractivity contribution in [2.75, 3.05) is 23.7 Å². The third-order valence-electron chi connectivity index (χ3n) is 4.78. The second kappa shape index (κ2) is 10.2. The summed E-state index contributed by atoms with van der Waals surface area (Å²) in [6.45, 7) is 5.48. The third-order valence-corrected chi connectivity index (χ3v) is 5.90. The number of para-hydroxylation sites is 1. The van der Waals surface area contributed by atoms with Crippen LogP contribution in [0.2, 0.25) is 0 Å². The van der Waals surface area contributed by atoms with Crippen molar-refractivity contribution in [3.8, 4) is 0 Å². The summed E-state index contributed by atoms with van der Waals surface area (Å²) in [5, 5.41) is 2.73. The molecule has 0 aliphatic heterocycles. The second-order valence-electron chi connectivity index (χ2n) is 7.13. The Balaban J connectivity index is 2.37. The van der Waals surface area contributed by atoms with E-state index in [9.17, 15) is 18.0 Å². The van der Waals surface area contributed by atoms with Crippen LogP contribution in [0, 0.1) is 6.92 Å². The summed E-state index contributed by atoms with van der Waals surface area (Å²) in [6.07, 6.45) is 1.07. The molecule has 30 heavy (non-hydrogen) atoms. The summed E-state index contributed by atoms with van der Waals surface area (Å²) in [5.74, 6) is -0.741. The van der Waals surface area contributed by atoms with Crippen molar-refractivity contribution >= 4 is 27.5 Å². The van der Waals surface area contributed by atoms with E-state index in [0.29, 0.717) is 12.2 Å². The van der Waals surface area contributed by atoms with E-state index in [1.54, 1.807) is 45.0 Å². The molecule has 0 heterocycles. The number of carbonyl (C=O) groups is 2. The van der Waals surface area contributed by atoms with Crippen LogP contribution in [-0.4, -0.2) is 50.5 Å². The van der Waals surface area contributed by atoms with Crippen molar-refractivity contribution < 1.29 is 18.0 Å². The maximum Gasteiger partial charge on any atom is 0.244 e. The smallest absolute Gasteiger partial charge is 0.244 e. The number of anilines is 1. The van der Waals surface area contributed by atoms with E-state index in [1.165, 1.54) is 4.90 Å². The number of sulfonamides is 1. The van der Waals surface area contributed by atoms with Gasteiger partial charge in [0.25, 0.3) is 0 Å². The first kappa shape index (κ1) is 23.4. The van der Waals surface area contributed by atoms with Crippen molar-refractivity contribution in [2.24, 2.45) is 0 Å². The van der Waals surface area contributed by atoms with Crippen LogP contribution in [0.25, 0.3) is 0 Å². The minimum absolute atomic E-state index is 0.198. The lowest BCUT2D eigenvalue weighted by molar-refractivity contribution is -0.139. The fraction of sp³-hybridized carbons (Fsp3) is 0.364. The minimum atomic E-state index is -3.71. The molecule has 2 rings (SSSR count). The lowest BCUT2D eigenvalue weighted by atomic mass is 10.1. The van der Waals surface area contributed by atoms with E-state index in [2.05, 4.69) is 5.32 Å². The van der Waals surface area contributed by atoms with Crippen LogP contribution in [-0.2, 0) is 26.2 Å². The van der Waals surface area contributed by atoms with Gasteiger partial charge in [0.15, 0.2) is 0 Å². The van der Waals surface area contributed by atoms with Gasteiger partial charge in [-0.05, 0) is 38.0 Å². The molecule has 0 aliphatic carbocycles. The highest BCUT2D eigenvalue weighted by molar-refractivity contribution is 7.92. The molecular formula is C22H29N3O4S. The van der Waals surface area contributed by atoms with Gasteiger partial charge < -0.3 is 10.2 Å². The fourth-order valence-corrected chi connectivity index (χ4v) is 4.03. The molecule has 2 amide bonds. The average molecular weight is 432 g/mol. The first-order valence-corrected chi connectivity index (χ1v) is 11.6. The van der Waals surface area contributed by atoms with Gasteiger partial charge in [0.2, 0.25) is 21.8 Å². The number of hydrogen-bond acceptors (Lipinski definition) is 4. The second-order valence-corrected chi connectivity index (χ2v) is 9.04. The first-order chi connectivity index (χ1) is 14.1. The summed E-state index contributed by atoms with van der Waals surface area (Å²) in [7, 11) is -3.71. The summed E-state index contributed by atoms with van der Waals surface area (Å²) in [4.78, 5) is 27.1. The minimum Gasteiger partial charge on any atom is -0.355 e. The molecule has 162 valence electrons. The van der Waals surface area contributed by atoms with Crippen LogP contribution in [0.5, 0.6) is 0 Å².